The lowest BCUT2D eigenvalue weighted by atomic mass is 10.1. The van der Waals surface area contributed by atoms with Crippen molar-refractivity contribution in [2.75, 3.05) is 5.32 Å². The summed E-state index contributed by atoms with van der Waals surface area (Å²) in [7, 11) is 0. The van der Waals surface area contributed by atoms with Crippen molar-refractivity contribution >= 4 is 35.3 Å². The highest BCUT2D eigenvalue weighted by Gasteiger charge is 2.32. The fourth-order valence-corrected chi connectivity index (χ4v) is 1.93. The number of carbonyl (C=O) groups is 2. The quantitative estimate of drug-likeness (QED) is 0.494. The number of anilines is 1. The summed E-state index contributed by atoms with van der Waals surface area (Å²) in [6.07, 6.45) is -3.74. The van der Waals surface area contributed by atoms with Crippen LogP contribution in [0.5, 0.6) is 0 Å². The van der Waals surface area contributed by atoms with E-state index in [1.165, 1.54) is 42.5 Å². The van der Waals surface area contributed by atoms with Gasteiger partial charge in [-0.3, -0.25) is 9.59 Å². The molecule has 2 rings (SSSR count). The van der Waals surface area contributed by atoms with Gasteiger partial charge in [-0.05, 0) is 30.3 Å². The van der Waals surface area contributed by atoms with Crippen LogP contribution in [0.3, 0.4) is 0 Å². The number of hydrogen-bond donors (Lipinski definition) is 2. The Bertz CT molecular complexity index is 805. The zero-order chi connectivity index (χ0) is 18.4. The molecule has 0 saturated heterocycles. The van der Waals surface area contributed by atoms with Crippen LogP contribution in [-0.2, 0) is 15.8 Å². The van der Waals surface area contributed by atoms with Crippen LogP contribution >= 0.6 is 11.6 Å². The first-order valence-corrected chi connectivity index (χ1v) is 7.21. The van der Waals surface area contributed by atoms with Crippen molar-refractivity contribution in [1.82, 2.24) is 5.43 Å². The maximum absolute atomic E-state index is 12.8. The number of halogens is 4. The molecule has 130 valence electrons. The molecule has 25 heavy (non-hydrogen) atoms. The summed E-state index contributed by atoms with van der Waals surface area (Å²) in [5, 5.41) is 6.13. The van der Waals surface area contributed by atoms with E-state index >= 15 is 0 Å². The van der Waals surface area contributed by atoms with E-state index in [1.807, 2.05) is 5.43 Å². The van der Waals surface area contributed by atoms with E-state index in [0.717, 1.165) is 12.3 Å². The molecule has 9 heteroatoms. The van der Waals surface area contributed by atoms with Crippen molar-refractivity contribution in [3.63, 3.8) is 0 Å². The lowest BCUT2D eigenvalue weighted by Gasteiger charge is -2.09. The zero-order valence-corrected chi connectivity index (χ0v) is 13.2. The molecule has 0 atom stereocenters. The second kappa shape index (κ2) is 7.80. The van der Waals surface area contributed by atoms with Crippen molar-refractivity contribution in [1.29, 1.82) is 0 Å². The number of amides is 2. The van der Waals surface area contributed by atoms with Gasteiger partial charge in [0, 0.05) is 16.3 Å². The smallest absolute Gasteiger partial charge is 0.318 e. The summed E-state index contributed by atoms with van der Waals surface area (Å²) in [6, 6.07) is 10.7. The molecule has 0 radical (unpaired) electrons. The fraction of sp³-hybridized carbons (Fsp3) is 0.0625. The molecule has 2 aromatic rings. The van der Waals surface area contributed by atoms with Crippen LogP contribution < -0.4 is 10.7 Å². The lowest BCUT2D eigenvalue weighted by molar-refractivity contribution is -0.137. The molecule has 0 unspecified atom stereocenters. The number of nitrogens with zero attached hydrogens (tertiary/aromatic N) is 1. The van der Waals surface area contributed by atoms with E-state index in [-0.39, 0.29) is 5.56 Å². The summed E-state index contributed by atoms with van der Waals surface area (Å²) in [5.41, 5.74) is 1.05. The Morgan fingerprint density at radius 2 is 1.64 bits per heavy atom. The number of rotatable bonds is 3. The average molecular weight is 370 g/mol. The second-order valence-electron chi connectivity index (χ2n) is 4.75. The van der Waals surface area contributed by atoms with Crippen LogP contribution in [0.4, 0.5) is 18.9 Å². The van der Waals surface area contributed by atoms with Gasteiger partial charge in [-0.1, -0.05) is 29.8 Å². The Kier molecular flexibility index (Phi) is 5.76. The number of hydrogen-bond acceptors (Lipinski definition) is 3. The molecule has 2 N–H and O–H groups in total. The number of hydrazone groups is 1. The van der Waals surface area contributed by atoms with Gasteiger partial charge in [0.2, 0.25) is 0 Å². The third kappa shape index (κ3) is 5.32. The second-order valence-corrected chi connectivity index (χ2v) is 5.18. The van der Waals surface area contributed by atoms with Crippen LogP contribution in [0, 0.1) is 0 Å². The van der Waals surface area contributed by atoms with Gasteiger partial charge in [-0.25, -0.2) is 5.43 Å². The van der Waals surface area contributed by atoms with E-state index in [1.54, 1.807) is 0 Å². The van der Waals surface area contributed by atoms with E-state index in [2.05, 4.69) is 10.4 Å². The molecule has 2 aromatic carbocycles. The standard InChI is InChI=1S/C16H11ClF3N3O2/c17-11-5-7-12(8-6-11)22-14(24)15(25)23-21-9-10-3-1-2-4-13(10)16(18,19)20/h1-9H,(H,22,24)(H,23,25). The highest BCUT2D eigenvalue weighted by Crippen LogP contribution is 2.31. The Labute approximate surface area is 145 Å². The van der Waals surface area contributed by atoms with Crippen LogP contribution in [-0.4, -0.2) is 18.0 Å². The molecule has 0 aromatic heterocycles. The lowest BCUT2D eigenvalue weighted by Crippen LogP contribution is -2.32. The van der Waals surface area contributed by atoms with Gasteiger partial charge in [0.15, 0.2) is 0 Å². The first-order chi connectivity index (χ1) is 11.8. The van der Waals surface area contributed by atoms with Crippen LogP contribution in [0.25, 0.3) is 0 Å². The van der Waals surface area contributed by atoms with Crippen LogP contribution in [0.1, 0.15) is 11.1 Å². The SMILES string of the molecule is O=C(NN=Cc1ccccc1C(F)(F)F)C(=O)Nc1ccc(Cl)cc1. The van der Waals surface area contributed by atoms with Crippen molar-refractivity contribution < 1.29 is 22.8 Å². The predicted octanol–water partition coefficient (Wildman–Crippen LogP) is 3.45. The van der Waals surface area contributed by atoms with Gasteiger partial charge >= 0.3 is 18.0 Å². The van der Waals surface area contributed by atoms with E-state index in [9.17, 15) is 22.8 Å². The highest BCUT2D eigenvalue weighted by molar-refractivity contribution is 6.39. The van der Waals surface area contributed by atoms with Gasteiger partial charge in [-0.15, -0.1) is 0 Å². The van der Waals surface area contributed by atoms with E-state index in [0.29, 0.717) is 10.7 Å². The highest BCUT2D eigenvalue weighted by atomic mass is 35.5. The first kappa shape index (κ1) is 18.5. The number of nitrogens with one attached hydrogen (secondary N) is 2. The Morgan fingerprint density at radius 1 is 1.00 bits per heavy atom. The molecular weight excluding hydrogens is 359 g/mol. The topological polar surface area (TPSA) is 70.6 Å². The van der Waals surface area contributed by atoms with Gasteiger partial charge in [0.1, 0.15) is 0 Å². The van der Waals surface area contributed by atoms with Crippen molar-refractivity contribution in [3.8, 4) is 0 Å². The first-order valence-electron chi connectivity index (χ1n) is 6.83. The van der Waals surface area contributed by atoms with Crippen molar-refractivity contribution in [2.45, 2.75) is 6.18 Å². The summed E-state index contributed by atoms with van der Waals surface area (Å²) in [5.74, 6) is -2.15. The Hall–Kier alpha value is -2.87. The normalized spacial score (nSPS) is 11.4. The molecule has 0 saturated carbocycles. The van der Waals surface area contributed by atoms with Crippen LogP contribution in [0.15, 0.2) is 53.6 Å². The fourth-order valence-electron chi connectivity index (χ4n) is 1.80. The molecule has 5 nitrogen and oxygen atoms in total. The summed E-state index contributed by atoms with van der Waals surface area (Å²) >= 11 is 5.69. The molecule has 0 spiro atoms. The number of carbonyl (C=O) groups excluding carboxylic acids is 2. The van der Waals surface area contributed by atoms with Gasteiger partial charge in [-0.2, -0.15) is 18.3 Å². The Balaban J connectivity index is 1.99. The molecule has 0 heterocycles. The molecule has 0 aliphatic rings. The van der Waals surface area contributed by atoms with Gasteiger partial charge in [0.05, 0.1) is 11.8 Å². The van der Waals surface area contributed by atoms with E-state index < -0.39 is 23.6 Å². The van der Waals surface area contributed by atoms with Crippen molar-refractivity contribution in [3.05, 3.63) is 64.7 Å². The Morgan fingerprint density at radius 3 is 2.28 bits per heavy atom. The van der Waals surface area contributed by atoms with Gasteiger partial charge in [0.25, 0.3) is 0 Å². The third-order valence-electron chi connectivity index (χ3n) is 2.94. The largest absolute Gasteiger partial charge is 0.417 e. The van der Waals surface area contributed by atoms with Crippen LogP contribution in [0.2, 0.25) is 5.02 Å². The minimum absolute atomic E-state index is 0.242. The monoisotopic (exact) mass is 369 g/mol. The molecule has 2 amide bonds. The average Bonchev–Trinajstić information content (AvgIpc) is 2.56. The summed E-state index contributed by atoms with van der Waals surface area (Å²) in [4.78, 5) is 23.3. The van der Waals surface area contributed by atoms with E-state index in [4.69, 9.17) is 11.6 Å². The third-order valence-corrected chi connectivity index (χ3v) is 3.20. The number of alkyl halides is 3. The zero-order valence-electron chi connectivity index (χ0n) is 12.5. The van der Waals surface area contributed by atoms with Crippen molar-refractivity contribution in [2.24, 2.45) is 5.10 Å². The molecule has 0 aliphatic carbocycles. The minimum Gasteiger partial charge on any atom is -0.318 e. The molecule has 0 fully saturated rings. The number of benzene rings is 2. The molecular formula is C16H11ClF3N3O2. The summed E-state index contributed by atoms with van der Waals surface area (Å²) < 4.78 is 38.4. The maximum Gasteiger partial charge on any atom is 0.417 e. The predicted molar refractivity (Wildman–Crippen MR) is 87.3 cm³/mol. The minimum atomic E-state index is -4.56. The molecule has 0 aliphatic heterocycles. The maximum atomic E-state index is 12.8. The molecule has 0 bridgehead atoms. The van der Waals surface area contributed by atoms with Gasteiger partial charge < -0.3 is 5.32 Å². The summed E-state index contributed by atoms with van der Waals surface area (Å²) in [6.45, 7) is 0.